The molecule has 0 aliphatic carbocycles. The highest BCUT2D eigenvalue weighted by Crippen LogP contribution is 2.42. The number of hydrogen-bond acceptors (Lipinski definition) is 3. The molecule has 3 aliphatic rings. The highest BCUT2D eigenvalue weighted by atomic mass is 16.1. The Morgan fingerprint density at radius 3 is 2.58 bits per heavy atom. The number of primary amides is 1. The van der Waals surface area contributed by atoms with Crippen molar-refractivity contribution < 1.29 is 4.79 Å². The van der Waals surface area contributed by atoms with Gasteiger partial charge in [-0.05, 0) is 62.0 Å². The summed E-state index contributed by atoms with van der Waals surface area (Å²) < 4.78 is 0. The molecule has 3 aliphatic heterocycles. The van der Waals surface area contributed by atoms with Crippen molar-refractivity contribution in [2.75, 3.05) is 13.1 Å². The summed E-state index contributed by atoms with van der Waals surface area (Å²) in [4.78, 5) is 13.7. The lowest BCUT2D eigenvalue weighted by atomic mass is 9.72. The first-order valence-corrected chi connectivity index (χ1v) is 6.98. The molecular formula is C15H21N3O. The van der Waals surface area contributed by atoms with E-state index in [2.05, 4.69) is 11.8 Å². The number of carbonyl (C=O) groups excluding carboxylic acids is 1. The first-order valence-electron chi connectivity index (χ1n) is 6.98. The van der Waals surface area contributed by atoms with Crippen molar-refractivity contribution in [1.82, 2.24) is 4.90 Å². The maximum Gasteiger partial charge on any atom is 0.248 e. The number of carbonyl (C=O) groups is 1. The molecule has 0 radical (unpaired) electrons. The van der Waals surface area contributed by atoms with Crippen LogP contribution in [-0.2, 0) is 0 Å². The van der Waals surface area contributed by atoms with E-state index >= 15 is 0 Å². The van der Waals surface area contributed by atoms with Gasteiger partial charge in [0.25, 0.3) is 0 Å². The molecule has 2 atom stereocenters. The lowest BCUT2D eigenvalue weighted by molar-refractivity contribution is 0.0285. The van der Waals surface area contributed by atoms with Gasteiger partial charge in [-0.1, -0.05) is 6.07 Å². The predicted molar refractivity (Wildman–Crippen MR) is 74.7 cm³/mol. The number of amides is 1. The zero-order chi connectivity index (χ0) is 13.6. The molecule has 0 saturated carbocycles. The maximum atomic E-state index is 11.4. The van der Waals surface area contributed by atoms with E-state index in [0.717, 1.165) is 13.1 Å². The Kier molecular flexibility index (Phi) is 3.07. The molecule has 4 heteroatoms. The minimum absolute atomic E-state index is 0.0781. The van der Waals surface area contributed by atoms with Crippen molar-refractivity contribution in [1.29, 1.82) is 0 Å². The molecule has 4 nitrogen and oxygen atoms in total. The van der Waals surface area contributed by atoms with Gasteiger partial charge in [0.15, 0.2) is 0 Å². The second-order valence-corrected chi connectivity index (χ2v) is 5.83. The largest absolute Gasteiger partial charge is 0.366 e. The van der Waals surface area contributed by atoms with E-state index in [1.807, 2.05) is 12.1 Å². The molecular weight excluding hydrogens is 238 g/mol. The van der Waals surface area contributed by atoms with Gasteiger partial charge in [0.1, 0.15) is 0 Å². The fourth-order valence-electron chi connectivity index (χ4n) is 3.67. The van der Waals surface area contributed by atoms with E-state index in [9.17, 15) is 4.79 Å². The molecule has 0 aromatic heterocycles. The molecule has 4 N–H and O–H groups in total. The van der Waals surface area contributed by atoms with Crippen molar-refractivity contribution in [3.8, 4) is 0 Å². The number of benzene rings is 1. The van der Waals surface area contributed by atoms with Gasteiger partial charge in [0.05, 0.1) is 6.17 Å². The van der Waals surface area contributed by atoms with Gasteiger partial charge < -0.3 is 11.5 Å². The third-order valence-electron chi connectivity index (χ3n) is 4.79. The van der Waals surface area contributed by atoms with E-state index in [1.165, 1.54) is 24.0 Å². The van der Waals surface area contributed by atoms with Gasteiger partial charge >= 0.3 is 0 Å². The van der Waals surface area contributed by atoms with Gasteiger partial charge in [0, 0.05) is 11.5 Å². The monoisotopic (exact) mass is 259 g/mol. The van der Waals surface area contributed by atoms with E-state index in [0.29, 0.717) is 17.4 Å². The zero-order valence-electron chi connectivity index (χ0n) is 11.3. The second-order valence-electron chi connectivity index (χ2n) is 5.83. The Labute approximate surface area is 113 Å². The van der Waals surface area contributed by atoms with Crippen molar-refractivity contribution >= 4 is 5.91 Å². The topological polar surface area (TPSA) is 72.4 Å². The van der Waals surface area contributed by atoms with Crippen molar-refractivity contribution in [2.24, 2.45) is 17.4 Å². The molecule has 3 saturated heterocycles. The first kappa shape index (κ1) is 12.6. The van der Waals surface area contributed by atoms with Crippen molar-refractivity contribution in [3.05, 3.63) is 34.9 Å². The normalized spacial score (nSPS) is 33.4. The van der Waals surface area contributed by atoms with Crippen LogP contribution in [0, 0.1) is 12.8 Å². The van der Waals surface area contributed by atoms with Crippen LogP contribution in [0.25, 0.3) is 0 Å². The SMILES string of the molecule is Cc1ccc(C(N)=O)cc1C1C2CCN(CC2)C1N. The average molecular weight is 259 g/mol. The summed E-state index contributed by atoms with van der Waals surface area (Å²) in [6, 6.07) is 5.73. The van der Waals surface area contributed by atoms with Gasteiger partial charge in [-0.15, -0.1) is 0 Å². The smallest absolute Gasteiger partial charge is 0.248 e. The number of rotatable bonds is 2. The van der Waals surface area contributed by atoms with Gasteiger partial charge in [0.2, 0.25) is 5.91 Å². The highest BCUT2D eigenvalue weighted by Gasteiger charge is 2.41. The number of piperidine rings is 3. The van der Waals surface area contributed by atoms with Gasteiger partial charge in [-0.3, -0.25) is 9.69 Å². The zero-order valence-corrected chi connectivity index (χ0v) is 11.3. The molecule has 3 heterocycles. The fraction of sp³-hybridized carbons (Fsp3) is 0.533. The minimum atomic E-state index is -0.365. The molecule has 3 fully saturated rings. The van der Waals surface area contributed by atoms with Crippen molar-refractivity contribution in [2.45, 2.75) is 31.8 Å². The Morgan fingerprint density at radius 1 is 1.32 bits per heavy atom. The minimum Gasteiger partial charge on any atom is -0.366 e. The molecule has 19 heavy (non-hydrogen) atoms. The summed E-state index contributed by atoms with van der Waals surface area (Å²) in [6.07, 6.45) is 2.49. The molecule has 1 aromatic carbocycles. The molecule has 2 bridgehead atoms. The average Bonchev–Trinajstić information content (AvgIpc) is 2.41. The van der Waals surface area contributed by atoms with Crippen molar-refractivity contribution in [3.63, 3.8) is 0 Å². The lowest BCUT2D eigenvalue weighted by Gasteiger charge is -2.50. The number of nitrogens with zero attached hydrogens (tertiary/aromatic N) is 1. The third kappa shape index (κ3) is 2.05. The van der Waals surface area contributed by atoms with E-state index in [4.69, 9.17) is 11.5 Å². The van der Waals surface area contributed by atoms with E-state index in [-0.39, 0.29) is 12.1 Å². The first-order chi connectivity index (χ1) is 9.08. The summed E-state index contributed by atoms with van der Waals surface area (Å²) >= 11 is 0. The Hall–Kier alpha value is -1.39. The number of hydrogen-bond donors (Lipinski definition) is 2. The van der Waals surface area contributed by atoms with Crippen LogP contribution in [0.15, 0.2) is 18.2 Å². The standard InChI is InChI=1S/C15H21N3O/c1-9-2-3-11(15(17)19)8-12(9)13-10-4-6-18(7-5-10)14(13)16/h2-3,8,10,13-14H,4-7,16H2,1H3,(H2,17,19). The third-order valence-corrected chi connectivity index (χ3v) is 4.79. The van der Waals surface area contributed by atoms with Crippen LogP contribution in [0.4, 0.5) is 0 Å². The number of fused-ring (bicyclic) bond motifs is 3. The molecule has 1 aromatic rings. The maximum absolute atomic E-state index is 11.4. The summed E-state index contributed by atoms with van der Waals surface area (Å²) in [5, 5.41) is 0. The lowest BCUT2D eigenvalue weighted by Crippen LogP contribution is -2.57. The number of aryl methyl sites for hydroxylation is 1. The fourth-order valence-corrected chi connectivity index (χ4v) is 3.67. The molecule has 1 amide bonds. The Morgan fingerprint density at radius 2 is 2.00 bits per heavy atom. The Balaban J connectivity index is 2.01. The molecule has 0 spiro atoms. The molecule has 102 valence electrons. The van der Waals surface area contributed by atoms with E-state index in [1.54, 1.807) is 6.07 Å². The predicted octanol–water partition coefficient (Wildman–Crippen LogP) is 1.19. The van der Waals surface area contributed by atoms with Gasteiger partial charge in [-0.2, -0.15) is 0 Å². The van der Waals surface area contributed by atoms with Crippen LogP contribution < -0.4 is 11.5 Å². The van der Waals surface area contributed by atoms with Crippen LogP contribution in [-0.4, -0.2) is 30.1 Å². The van der Waals surface area contributed by atoms with Crippen LogP contribution in [0.5, 0.6) is 0 Å². The van der Waals surface area contributed by atoms with Crippen LogP contribution in [0.2, 0.25) is 0 Å². The van der Waals surface area contributed by atoms with Crippen LogP contribution >= 0.6 is 0 Å². The quantitative estimate of drug-likeness (QED) is 0.838. The van der Waals surface area contributed by atoms with Gasteiger partial charge in [-0.25, -0.2) is 0 Å². The van der Waals surface area contributed by atoms with E-state index < -0.39 is 0 Å². The molecule has 4 rings (SSSR count). The van der Waals surface area contributed by atoms with Crippen LogP contribution in [0.1, 0.15) is 40.2 Å². The molecule has 2 unspecified atom stereocenters. The second kappa shape index (κ2) is 4.62. The summed E-state index contributed by atoms with van der Waals surface area (Å²) in [6.45, 7) is 4.30. The Bertz CT molecular complexity index is 504. The summed E-state index contributed by atoms with van der Waals surface area (Å²) in [5.74, 6) is 0.611. The van der Waals surface area contributed by atoms with Crippen LogP contribution in [0.3, 0.4) is 0 Å². The summed E-state index contributed by atoms with van der Waals surface area (Å²) in [5.41, 5.74) is 14.8. The highest BCUT2D eigenvalue weighted by molar-refractivity contribution is 5.93. The summed E-state index contributed by atoms with van der Waals surface area (Å²) in [7, 11) is 0. The number of nitrogens with two attached hydrogens (primary N) is 2.